The van der Waals surface area contributed by atoms with Crippen LogP contribution in [0.4, 0.5) is 8.78 Å². The van der Waals surface area contributed by atoms with Gasteiger partial charge in [0, 0.05) is 18.0 Å². The van der Waals surface area contributed by atoms with E-state index < -0.39 is 29.7 Å². The number of aliphatic hydroxyl groups excluding tert-OH is 1. The maximum atomic E-state index is 15.3. The Morgan fingerprint density at radius 3 is 2.50 bits per heavy atom. The standard InChI is InChI=1S/C25H24Cl2F2N2O5/c26-16-9-15-11-22(36-20(15)12-17(16)27)25(28,29)24(33)30-18(13-31-5-1-2-6-31)23(32)14-3-4-19-21(10-14)35-8-7-34-19/h3-4,9-12,18,23,32H,1-2,5-8,13H2,(H,30,33)/t18-,23-/m1/s1. The molecule has 2 aliphatic rings. The average molecular weight is 541 g/mol. The van der Waals surface area contributed by atoms with Crippen molar-refractivity contribution in [1.29, 1.82) is 0 Å². The predicted octanol–water partition coefficient (Wildman–Crippen LogP) is 4.92. The number of halogens is 4. The lowest BCUT2D eigenvalue weighted by atomic mass is 10.0. The van der Waals surface area contributed by atoms with E-state index in [1.165, 1.54) is 12.1 Å². The van der Waals surface area contributed by atoms with Crippen molar-refractivity contribution < 1.29 is 32.6 Å². The van der Waals surface area contributed by atoms with E-state index in [2.05, 4.69) is 5.32 Å². The lowest BCUT2D eigenvalue weighted by Gasteiger charge is -2.30. The van der Waals surface area contributed by atoms with E-state index in [1.807, 2.05) is 4.90 Å². The molecule has 7 nitrogen and oxygen atoms in total. The highest BCUT2D eigenvalue weighted by Gasteiger charge is 2.46. The van der Waals surface area contributed by atoms with Crippen LogP contribution in [0.5, 0.6) is 11.5 Å². The van der Waals surface area contributed by atoms with Crippen LogP contribution in [-0.2, 0) is 10.7 Å². The molecule has 0 bridgehead atoms. The second-order valence-corrected chi connectivity index (χ2v) is 9.74. The minimum absolute atomic E-state index is 0.0804. The molecule has 3 aromatic rings. The van der Waals surface area contributed by atoms with Crippen molar-refractivity contribution in [3.8, 4) is 11.5 Å². The molecule has 1 aromatic heterocycles. The third-order valence-corrected chi connectivity index (χ3v) is 7.13. The van der Waals surface area contributed by atoms with Gasteiger partial charge in [0.05, 0.1) is 16.1 Å². The maximum Gasteiger partial charge on any atom is 0.380 e. The first kappa shape index (κ1) is 25.1. The summed E-state index contributed by atoms with van der Waals surface area (Å²) < 4.78 is 46.8. The summed E-state index contributed by atoms with van der Waals surface area (Å²) in [4.78, 5) is 14.9. The number of aliphatic hydroxyl groups is 1. The third kappa shape index (κ3) is 4.98. The molecular weight excluding hydrogens is 517 g/mol. The molecule has 11 heteroatoms. The molecule has 0 unspecified atom stereocenters. The van der Waals surface area contributed by atoms with Gasteiger partial charge in [0.25, 0.3) is 5.91 Å². The van der Waals surface area contributed by atoms with Crippen LogP contribution in [-0.4, -0.2) is 54.8 Å². The number of rotatable bonds is 7. The minimum atomic E-state index is -4.01. The zero-order valence-corrected chi connectivity index (χ0v) is 20.6. The Bertz CT molecular complexity index is 1240. The van der Waals surface area contributed by atoms with Gasteiger partial charge in [-0.2, -0.15) is 8.78 Å². The van der Waals surface area contributed by atoms with Crippen molar-refractivity contribution >= 4 is 40.1 Å². The number of furan rings is 1. The summed E-state index contributed by atoms with van der Waals surface area (Å²) >= 11 is 11.9. The van der Waals surface area contributed by atoms with Gasteiger partial charge in [-0.15, -0.1) is 0 Å². The average Bonchev–Trinajstić information content (AvgIpc) is 3.53. The van der Waals surface area contributed by atoms with Crippen molar-refractivity contribution in [3.05, 3.63) is 57.8 Å². The summed E-state index contributed by atoms with van der Waals surface area (Å²) in [7, 11) is 0. The van der Waals surface area contributed by atoms with E-state index in [4.69, 9.17) is 37.1 Å². The summed E-state index contributed by atoms with van der Waals surface area (Å²) in [6.07, 6.45) is 0.650. The number of hydrogen-bond donors (Lipinski definition) is 2. The largest absolute Gasteiger partial charge is 0.486 e. The van der Waals surface area contributed by atoms with Crippen LogP contribution in [0.2, 0.25) is 10.0 Å². The number of fused-ring (bicyclic) bond motifs is 2. The maximum absolute atomic E-state index is 15.3. The van der Waals surface area contributed by atoms with Gasteiger partial charge in [-0.25, -0.2) is 0 Å². The van der Waals surface area contributed by atoms with Crippen LogP contribution in [0.3, 0.4) is 0 Å². The van der Waals surface area contributed by atoms with Crippen LogP contribution in [0.1, 0.15) is 30.3 Å². The molecule has 36 heavy (non-hydrogen) atoms. The molecule has 2 atom stereocenters. The van der Waals surface area contributed by atoms with Crippen LogP contribution < -0.4 is 14.8 Å². The fraction of sp³-hybridized carbons (Fsp3) is 0.400. The lowest BCUT2D eigenvalue weighted by Crippen LogP contribution is -2.50. The Kier molecular flexibility index (Phi) is 7.00. The normalized spacial score (nSPS) is 17.8. The zero-order valence-electron chi connectivity index (χ0n) is 19.1. The fourth-order valence-electron chi connectivity index (χ4n) is 4.50. The molecule has 1 saturated heterocycles. The van der Waals surface area contributed by atoms with E-state index in [0.29, 0.717) is 30.3 Å². The first-order valence-electron chi connectivity index (χ1n) is 11.6. The van der Waals surface area contributed by atoms with E-state index in [1.54, 1.807) is 18.2 Å². The smallest absolute Gasteiger partial charge is 0.380 e. The van der Waals surface area contributed by atoms with Gasteiger partial charge in [0.1, 0.15) is 24.9 Å². The SMILES string of the molecule is O=C(N[C@H](CN1CCCC1)[C@H](O)c1ccc2c(c1)OCCO2)C(F)(F)c1cc2cc(Cl)c(Cl)cc2o1. The number of benzene rings is 2. The molecule has 1 fully saturated rings. The molecule has 0 spiro atoms. The Morgan fingerprint density at radius 2 is 1.75 bits per heavy atom. The number of nitrogens with one attached hydrogen (secondary N) is 1. The topological polar surface area (TPSA) is 84.2 Å². The summed E-state index contributed by atoms with van der Waals surface area (Å²) in [5.41, 5.74) is 0.497. The van der Waals surface area contributed by atoms with Crippen molar-refractivity contribution in [2.24, 2.45) is 0 Å². The van der Waals surface area contributed by atoms with Crippen LogP contribution in [0.25, 0.3) is 11.0 Å². The number of amides is 1. The third-order valence-electron chi connectivity index (χ3n) is 6.41. The number of alkyl halides is 2. The lowest BCUT2D eigenvalue weighted by molar-refractivity contribution is -0.151. The van der Waals surface area contributed by atoms with Gasteiger partial charge in [-0.05, 0) is 55.8 Å². The van der Waals surface area contributed by atoms with Crippen molar-refractivity contribution in [2.75, 3.05) is 32.8 Å². The van der Waals surface area contributed by atoms with Gasteiger partial charge in [-0.1, -0.05) is 29.3 Å². The Morgan fingerprint density at radius 1 is 1.06 bits per heavy atom. The summed E-state index contributed by atoms with van der Waals surface area (Å²) in [6, 6.07) is 7.64. The second kappa shape index (κ2) is 10.0. The quantitative estimate of drug-likeness (QED) is 0.442. The molecule has 2 N–H and O–H groups in total. The molecule has 192 valence electrons. The van der Waals surface area contributed by atoms with E-state index >= 15 is 8.78 Å². The summed E-state index contributed by atoms with van der Waals surface area (Å²) in [5.74, 6) is -5.45. The van der Waals surface area contributed by atoms with Crippen molar-refractivity contribution in [2.45, 2.75) is 30.9 Å². The highest BCUT2D eigenvalue weighted by Crippen LogP contribution is 2.37. The monoisotopic (exact) mass is 540 g/mol. The Balaban J connectivity index is 1.40. The number of hydrogen-bond acceptors (Lipinski definition) is 6. The van der Waals surface area contributed by atoms with Crippen LogP contribution in [0, 0.1) is 0 Å². The molecule has 1 amide bonds. The molecule has 2 aliphatic heterocycles. The van der Waals surface area contributed by atoms with Crippen LogP contribution >= 0.6 is 23.2 Å². The first-order valence-corrected chi connectivity index (χ1v) is 12.4. The van der Waals surface area contributed by atoms with Crippen molar-refractivity contribution in [1.82, 2.24) is 10.2 Å². The molecule has 2 aromatic carbocycles. The summed E-state index contributed by atoms with van der Waals surface area (Å²) in [5, 5.41) is 14.1. The molecule has 0 aliphatic carbocycles. The Hall–Kier alpha value is -2.59. The van der Waals surface area contributed by atoms with Gasteiger partial charge >= 0.3 is 5.92 Å². The first-order chi connectivity index (χ1) is 17.2. The van der Waals surface area contributed by atoms with Gasteiger partial charge in [0.2, 0.25) is 0 Å². The number of carbonyl (C=O) groups excluding carboxylic acids is 1. The Labute approximate surface area is 215 Å². The molecule has 0 saturated carbocycles. The number of carbonyl (C=O) groups is 1. The number of likely N-dealkylation sites (tertiary alicyclic amines) is 1. The second-order valence-electron chi connectivity index (χ2n) is 8.92. The van der Waals surface area contributed by atoms with Gasteiger partial charge < -0.3 is 29.2 Å². The number of ether oxygens (including phenoxy) is 2. The van der Waals surface area contributed by atoms with Gasteiger partial charge in [0.15, 0.2) is 17.3 Å². The fourth-order valence-corrected chi connectivity index (χ4v) is 4.83. The van der Waals surface area contributed by atoms with E-state index in [-0.39, 0.29) is 27.6 Å². The number of nitrogens with zero attached hydrogens (tertiary/aromatic N) is 1. The van der Waals surface area contributed by atoms with Crippen LogP contribution in [0.15, 0.2) is 40.8 Å². The molecular formula is C25H24Cl2F2N2O5. The molecule has 5 rings (SSSR count). The minimum Gasteiger partial charge on any atom is -0.486 e. The van der Waals surface area contributed by atoms with E-state index in [9.17, 15) is 9.90 Å². The molecule has 3 heterocycles. The molecule has 0 radical (unpaired) electrons. The highest BCUT2D eigenvalue weighted by molar-refractivity contribution is 6.42. The zero-order chi connectivity index (χ0) is 25.4. The van der Waals surface area contributed by atoms with Crippen molar-refractivity contribution in [3.63, 3.8) is 0 Å². The van der Waals surface area contributed by atoms with Gasteiger partial charge in [-0.3, -0.25) is 4.79 Å². The summed E-state index contributed by atoms with van der Waals surface area (Å²) in [6.45, 7) is 2.48. The predicted molar refractivity (Wildman–Crippen MR) is 130 cm³/mol. The highest BCUT2D eigenvalue weighted by atomic mass is 35.5. The van der Waals surface area contributed by atoms with E-state index in [0.717, 1.165) is 32.0 Å².